The number of rotatable bonds is 5. The lowest BCUT2D eigenvalue weighted by Gasteiger charge is -2.19. The highest BCUT2D eigenvalue weighted by molar-refractivity contribution is 5.42. The summed E-state index contributed by atoms with van der Waals surface area (Å²) in [4.78, 5) is 0. The van der Waals surface area contributed by atoms with Crippen LogP contribution in [0.3, 0.4) is 0 Å². The third-order valence-corrected chi connectivity index (χ3v) is 3.10. The molecule has 2 rings (SSSR count). The van der Waals surface area contributed by atoms with E-state index < -0.39 is 53.4 Å². The Bertz CT molecular complexity index is 902. The second-order valence-electron chi connectivity index (χ2n) is 5.47. The lowest BCUT2D eigenvalue weighted by Crippen LogP contribution is -2.32. The van der Waals surface area contributed by atoms with Crippen molar-refractivity contribution in [2.24, 2.45) is 0 Å². The fourth-order valence-electron chi connectivity index (χ4n) is 1.95. The molecule has 0 N–H and O–H groups in total. The van der Waals surface area contributed by atoms with Crippen LogP contribution in [-0.2, 0) is 0 Å². The molecular weight excluding hydrogens is 400 g/mol. The van der Waals surface area contributed by atoms with Crippen LogP contribution in [0, 0.1) is 36.2 Å². The average molecular weight is 410 g/mol. The first kappa shape index (κ1) is 21.3. The van der Waals surface area contributed by atoms with E-state index in [9.17, 15) is 35.1 Å². The van der Waals surface area contributed by atoms with Crippen LogP contribution < -0.4 is 9.47 Å². The number of benzene rings is 2. The Labute approximate surface area is 153 Å². The number of hydrogen-bond donors (Lipinski definition) is 0. The largest absolute Gasteiger partial charge is 0.480 e. The van der Waals surface area contributed by atoms with Crippen LogP contribution in [0.25, 0.3) is 0 Å². The molecule has 0 radical (unpaired) electrons. The Balaban J connectivity index is 2.13. The first-order chi connectivity index (χ1) is 12.9. The monoisotopic (exact) mass is 410 g/mol. The highest BCUT2D eigenvalue weighted by Gasteiger charge is 2.34. The number of hydrogen-bond acceptors (Lipinski definition) is 2. The first-order valence-corrected chi connectivity index (χ1v) is 7.41. The molecule has 0 amide bonds. The van der Waals surface area contributed by atoms with Crippen LogP contribution in [0.2, 0.25) is 0 Å². The van der Waals surface area contributed by atoms with Gasteiger partial charge in [0.1, 0.15) is 17.4 Å². The summed E-state index contributed by atoms with van der Waals surface area (Å²) in [5.41, 5.74) is -0.738. The highest BCUT2D eigenvalue weighted by atomic mass is 19.4. The van der Waals surface area contributed by atoms with Crippen LogP contribution in [-0.4, -0.2) is 18.9 Å². The van der Waals surface area contributed by atoms with Crippen LogP contribution >= 0.6 is 0 Å². The molecule has 0 fully saturated rings. The van der Waals surface area contributed by atoms with E-state index in [-0.39, 0.29) is 12.1 Å². The third-order valence-electron chi connectivity index (χ3n) is 3.10. The van der Waals surface area contributed by atoms with E-state index in [0.29, 0.717) is 11.5 Å². The predicted octanol–water partition coefficient (Wildman–Crippen LogP) is 5.38. The second-order valence-corrected chi connectivity index (χ2v) is 5.47. The molecule has 0 unspecified atom stereocenters. The SMILES string of the molecule is Cc1ccc(OCC(F)(F)Oc2cc(F)c(C#CC(F)(F)F)c(F)c2)c(F)c1. The van der Waals surface area contributed by atoms with E-state index in [1.165, 1.54) is 12.0 Å². The molecule has 0 aromatic heterocycles. The summed E-state index contributed by atoms with van der Waals surface area (Å²) >= 11 is 0. The Morgan fingerprint density at radius 3 is 2.04 bits per heavy atom. The van der Waals surface area contributed by atoms with Gasteiger partial charge in [-0.15, -0.1) is 0 Å². The molecule has 0 aliphatic carbocycles. The first-order valence-electron chi connectivity index (χ1n) is 7.41. The summed E-state index contributed by atoms with van der Waals surface area (Å²) < 4.78 is 113. The minimum atomic E-state index is -5.00. The van der Waals surface area contributed by atoms with Gasteiger partial charge in [0, 0.05) is 18.1 Å². The van der Waals surface area contributed by atoms with E-state index in [1.807, 2.05) is 0 Å². The quantitative estimate of drug-likeness (QED) is 0.487. The number of halogens is 8. The van der Waals surface area contributed by atoms with E-state index in [2.05, 4.69) is 9.47 Å². The lowest BCUT2D eigenvalue weighted by molar-refractivity contribution is -0.195. The smallest absolute Gasteiger partial charge is 0.458 e. The Morgan fingerprint density at radius 1 is 0.893 bits per heavy atom. The zero-order chi connectivity index (χ0) is 21.1. The summed E-state index contributed by atoms with van der Waals surface area (Å²) in [6.45, 7) is 0.0717. The van der Waals surface area contributed by atoms with E-state index in [0.717, 1.165) is 12.1 Å². The summed E-state index contributed by atoms with van der Waals surface area (Å²) in [6, 6.07) is 4.03. The van der Waals surface area contributed by atoms with Gasteiger partial charge >= 0.3 is 12.3 Å². The van der Waals surface area contributed by atoms with Crippen molar-refractivity contribution in [2.45, 2.75) is 19.2 Å². The minimum Gasteiger partial charge on any atom is -0.480 e. The van der Waals surface area contributed by atoms with Crippen LogP contribution in [0.5, 0.6) is 11.5 Å². The molecule has 0 spiro atoms. The topological polar surface area (TPSA) is 18.5 Å². The zero-order valence-electron chi connectivity index (χ0n) is 13.9. The van der Waals surface area contributed by atoms with Gasteiger partial charge in [-0.25, -0.2) is 13.2 Å². The maximum Gasteiger partial charge on any atom is 0.458 e. The van der Waals surface area contributed by atoms with Crippen molar-refractivity contribution in [2.75, 3.05) is 6.61 Å². The maximum absolute atomic E-state index is 13.8. The average Bonchev–Trinajstić information content (AvgIpc) is 2.51. The summed E-state index contributed by atoms with van der Waals surface area (Å²) in [5, 5.41) is 0. The molecular formula is C18H10F8O2. The number of aryl methyl sites for hydroxylation is 1. The standard InChI is InChI=1S/C18H10F8O2/c1-10-2-3-16(15(21)6-10)27-9-18(25,26)28-11-7-13(19)12(14(20)8-11)4-5-17(22,23)24/h2-3,6-8H,9H2,1H3. The van der Waals surface area contributed by atoms with Crippen LogP contribution in [0.15, 0.2) is 30.3 Å². The van der Waals surface area contributed by atoms with Gasteiger partial charge in [-0.1, -0.05) is 12.0 Å². The maximum atomic E-state index is 13.8. The van der Waals surface area contributed by atoms with Gasteiger partial charge in [0.2, 0.25) is 0 Å². The lowest BCUT2D eigenvalue weighted by atomic mass is 10.2. The van der Waals surface area contributed by atoms with Crippen molar-refractivity contribution in [3.8, 4) is 23.3 Å². The molecule has 28 heavy (non-hydrogen) atoms. The van der Waals surface area contributed by atoms with Crippen molar-refractivity contribution >= 4 is 0 Å². The van der Waals surface area contributed by atoms with Gasteiger partial charge in [-0.05, 0) is 24.6 Å². The van der Waals surface area contributed by atoms with Crippen molar-refractivity contribution in [1.29, 1.82) is 0 Å². The molecule has 0 bridgehead atoms. The molecule has 0 saturated heterocycles. The summed E-state index contributed by atoms with van der Waals surface area (Å²) in [6.07, 6.45) is -9.13. The zero-order valence-corrected chi connectivity index (χ0v) is 13.9. The Morgan fingerprint density at radius 2 is 1.50 bits per heavy atom. The number of ether oxygens (including phenoxy) is 2. The van der Waals surface area contributed by atoms with Gasteiger partial charge in [0.15, 0.2) is 18.2 Å². The van der Waals surface area contributed by atoms with Gasteiger partial charge in [0.05, 0.1) is 5.56 Å². The molecule has 0 heterocycles. The molecule has 150 valence electrons. The molecule has 0 aliphatic rings. The van der Waals surface area contributed by atoms with E-state index in [4.69, 9.17) is 0 Å². The van der Waals surface area contributed by atoms with Crippen molar-refractivity contribution in [1.82, 2.24) is 0 Å². The molecule has 10 heteroatoms. The van der Waals surface area contributed by atoms with Crippen molar-refractivity contribution in [3.05, 3.63) is 58.9 Å². The van der Waals surface area contributed by atoms with Crippen molar-refractivity contribution in [3.63, 3.8) is 0 Å². The van der Waals surface area contributed by atoms with Crippen molar-refractivity contribution < 1.29 is 44.6 Å². The Kier molecular flexibility index (Phi) is 6.07. The highest BCUT2D eigenvalue weighted by Crippen LogP contribution is 2.27. The number of alkyl halides is 5. The normalized spacial score (nSPS) is 11.6. The van der Waals surface area contributed by atoms with Gasteiger partial charge in [-0.2, -0.15) is 22.0 Å². The van der Waals surface area contributed by atoms with E-state index in [1.54, 1.807) is 6.92 Å². The van der Waals surface area contributed by atoms with Crippen LogP contribution in [0.4, 0.5) is 35.1 Å². The molecule has 0 saturated carbocycles. The fraction of sp³-hybridized carbons (Fsp3) is 0.222. The third kappa shape index (κ3) is 6.04. The summed E-state index contributed by atoms with van der Waals surface area (Å²) in [7, 11) is 0. The van der Waals surface area contributed by atoms with Gasteiger partial charge in [0.25, 0.3) is 0 Å². The molecule has 0 atom stereocenters. The second kappa shape index (κ2) is 7.96. The van der Waals surface area contributed by atoms with E-state index >= 15 is 0 Å². The predicted molar refractivity (Wildman–Crippen MR) is 81.5 cm³/mol. The molecule has 2 nitrogen and oxygen atoms in total. The summed E-state index contributed by atoms with van der Waals surface area (Å²) in [5.74, 6) is -3.79. The van der Waals surface area contributed by atoms with Gasteiger partial charge < -0.3 is 9.47 Å². The Hall–Kier alpha value is -2.96. The molecule has 2 aromatic carbocycles. The molecule has 0 aliphatic heterocycles. The fourth-order valence-corrected chi connectivity index (χ4v) is 1.95. The molecule has 2 aromatic rings. The van der Waals surface area contributed by atoms with Gasteiger partial charge in [-0.3, -0.25) is 0 Å². The minimum absolute atomic E-state index is 0.240. The van der Waals surface area contributed by atoms with Crippen LogP contribution in [0.1, 0.15) is 11.1 Å².